The Labute approximate surface area is 207 Å². The summed E-state index contributed by atoms with van der Waals surface area (Å²) in [4.78, 5) is 12.9. The standard InChI is InChI=1S/C27H32N2O3S2/c1-20-9-13-26(14-10-20)34(31,32)29(25-12-11-21(2)23(4)17-25)18-27(30)28-15-16-33-19-24-8-6-5-7-22(24)3/h5-14,17H,15-16,18-19H2,1-4H3,(H,28,30). The number of anilines is 1. The van der Waals surface area contributed by atoms with Crippen molar-refractivity contribution in [1.29, 1.82) is 0 Å². The molecular formula is C27H32N2O3S2. The van der Waals surface area contributed by atoms with Crippen molar-refractivity contribution in [2.75, 3.05) is 23.1 Å². The van der Waals surface area contributed by atoms with Crippen LogP contribution in [-0.2, 0) is 20.6 Å². The van der Waals surface area contributed by atoms with Crippen molar-refractivity contribution in [1.82, 2.24) is 5.32 Å². The molecule has 34 heavy (non-hydrogen) atoms. The van der Waals surface area contributed by atoms with Crippen molar-refractivity contribution in [3.05, 3.63) is 94.5 Å². The van der Waals surface area contributed by atoms with Gasteiger partial charge in [0.05, 0.1) is 10.6 Å². The molecule has 180 valence electrons. The third-order valence-electron chi connectivity index (χ3n) is 5.76. The van der Waals surface area contributed by atoms with Crippen LogP contribution in [0.1, 0.15) is 27.8 Å². The third kappa shape index (κ3) is 6.64. The van der Waals surface area contributed by atoms with Gasteiger partial charge in [-0.1, -0.05) is 48.0 Å². The number of thioether (sulfide) groups is 1. The highest BCUT2D eigenvalue weighted by Crippen LogP contribution is 2.26. The molecule has 0 aromatic heterocycles. The van der Waals surface area contributed by atoms with Crippen LogP contribution >= 0.6 is 11.8 Å². The van der Waals surface area contributed by atoms with Gasteiger partial charge in [-0.2, -0.15) is 11.8 Å². The first kappa shape index (κ1) is 25.8. The Morgan fingerprint density at radius 1 is 0.882 bits per heavy atom. The monoisotopic (exact) mass is 496 g/mol. The summed E-state index contributed by atoms with van der Waals surface area (Å²) in [7, 11) is -3.90. The fourth-order valence-corrected chi connectivity index (χ4v) is 5.78. The lowest BCUT2D eigenvalue weighted by Gasteiger charge is -2.25. The highest BCUT2D eigenvalue weighted by Gasteiger charge is 2.27. The van der Waals surface area contributed by atoms with Gasteiger partial charge in [0.25, 0.3) is 10.0 Å². The largest absolute Gasteiger partial charge is 0.354 e. The number of carbonyl (C=O) groups is 1. The van der Waals surface area contributed by atoms with Crippen molar-refractivity contribution < 1.29 is 13.2 Å². The Bertz CT molecular complexity index is 1240. The summed E-state index contributed by atoms with van der Waals surface area (Å²) in [6, 6.07) is 20.4. The van der Waals surface area contributed by atoms with E-state index in [2.05, 4.69) is 24.4 Å². The molecule has 3 aromatic carbocycles. The second-order valence-electron chi connectivity index (χ2n) is 8.42. The van der Waals surface area contributed by atoms with Crippen LogP contribution in [0.2, 0.25) is 0 Å². The summed E-state index contributed by atoms with van der Waals surface area (Å²) < 4.78 is 28.2. The summed E-state index contributed by atoms with van der Waals surface area (Å²) in [5, 5.41) is 2.88. The molecule has 7 heteroatoms. The Morgan fingerprint density at radius 3 is 2.26 bits per heavy atom. The molecule has 1 N–H and O–H groups in total. The molecule has 5 nitrogen and oxygen atoms in total. The van der Waals surface area contributed by atoms with Crippen molar-refractivity contribution in [3.63, 3.8) is 0 Å². The number of aryl methyl sites for hydroxylation is 4. The number of amides is 1. The van der Waals surface area contributed by atoms with Crippen LogP contribution in [0.25, 0.3) is 0 Å². The molecule has 0 saturated carbocycles. The Hall–Kier alpha value is -2.77. The normalized spacial score (nSPS) is 11.3. The molecule has 0 aliphatic heterocycles. The van der Waals surface area contributed by atoms with E-state index < -0.39 is 10.0 Å². The maximum Gasteiger partial charge on any atom is 0.264 e. The van der Waals surface area contributed by atoms with Gasteiger partial charge in [-0.15, -0.1) is 0 Å². The zero-order valence-corrected chi connectivity index (χ0v) is 21.8. The average Bonchev–Trinajstić information content (AvgIpc) is 2.80. The highest BCUT2D eigenvalue weighted by molar-refractivity contribution is 7.98. The Balaban J connectivity index is 1.68. The lowest BCUT2D eigenvalue weighted by molar-refractivity contribution is -0.119. The van der Waals surface area contributed by atoms with E-state index in [-0.39, 0.29) is 17.3 Å². The smallest absolute Gasteiger partial charge is 0.264 e. The van der Waals surface area contributed by atoms with E-state index in [0.29, 0.717) is 12.2 Å². The average molecular weight is 497 g/mol. The molecule has 0 unspecified atom stereocenters. The lowest BCUT2D eigenvalue weighted by Crippen LogP contribution is -2.41. The van der Waals surface area contributed by atoms with E-state index >= 15 is 0 Å². The van der Waals surface area contributed by atoms with Gasteiger partial charge >= 0.3 is 0 Å². The van der Waals surface area contributed by atoms with E-state index in [4.69, 9.17) is 0 Å². The summed E-state index contributed by atoms with van der Waals surface area (Å²) in [6.45, 7) is 8.10. The van der Waals surface area contributed by atoms with Crippen LogP contribution in [0, 0.1) is 27.7 Å². The Morgan fingerprint density at radius 2 is 1.59 bits per heavy atom. The van der Waals surface area contributed by atoms with Gasteiger partial charge in [-0.05, 0) is 74.2 Å². The van der Waals surface area contributed by atoms with Gasteiger partial charge in [0.1, 0.15) is 6.54 Å². The van der Waals surface area contributed by atoms with E-state index in [1.54, 1.807) is 42.1 Å². The number of nitrogens with zero attached hydrogens (tertiary/aromatic N) is 1. The first-order valence-corrected chi connectivity index (χ1v) is 13.8. The molecule has 0 spiro atoms. The van der Waals surface area contributed by atoms with Crippen molar-refractivity contribution in [2.45, 2.75) is 38.3 Å². The summed E-state index contributed by atoms with van der Waals surface area (Å²) in [6.07, 6.45) is 0. The quantitative estimate of drug-likeness (QED) is 0.394. The molecule has 0 bridgehead atoms. The number of rotatable bonds is 10. The molecule has 3 rings (SSSR count). The van der Waals surface area contributed by atoms with Crippen molar-refractivity contribution in [3.8, 4) is 0 Å². The van der Waals surface area contributed by atoms with Gasteiger partial charge in [-0.25, -0.2) is 8.42 Å². The van der Waals surface area contributed by atoms with Crippen LogP contribution in [0.5, 0.6) is 0 Å². The Kier molecular flexibility index (Phi) is 8.80. The number of benzene rings is 3. The van der Waals surface area contributed by atoms with Crippen molar-refractivity contribution >= 4 is 33.4 Å². The van der Waals surface area contributed by atoms with Crippen LogP contribution in [-0.4, -0.2) is 33.2 Å². The van der Waals surface area contributed by atoms with Crippen LogP contribution < -0.4 is 9.62 Å². The topological polar surface area (TPSA) is 66.5 Å². The van der Waals surface area contributed by atoms with E-state index in [0.717, 1.165) is 28.2 Å². The zero-order valence-electron chi connectivity index (χ0n) is 20.2. The summed E-state index contributed by atoms with van der Waals surface area (Å²) >= 11 is 1.74. The van der Waals surface area contributed by atoms with Crippen LogP contribution in [0.4, 0.5) is 5.69 Å². The summed E-state index contributed by atoms with van der Waals surface area (Å²) in [5.41, 5.74) is 6.01. The second kappa shape index (κ2) is 11.6. The first-order chi connectivity index (χ1) is 16.2. The van der Waals surface area contributed by atoms with E-state index in [1.165, 1.54) is 15.4 Å². The molecule has 1 amide bonds. The summed E-state index contributed by atoms with van der Waals surface area (Å²) in [5.74, 6) is 1.29. The maximum absolute atomic E-state index is 13.5. The van der Waals surface area contributed by atoms with Gasteiger partial charge in [0, 0.05) is 18.1 Å². The molecule has 0 radical (unpaired) electrons. The molecule has 0 atom stereocenters. The number of nitrogens with one attached hydrogen (secondary N) is 1. The maximum atomic E-state index is 13.5. The van der Waals surface area contributed by atoms with E-state index in [9.17, 15) is 13.2 Å². The van der Waals surface area contributed by atoms with Crippen molar-refractivity contribution in [2.24, 2.45) is 0 Å². The first-order valence-electron chi connectivity index (χ1n) is 11.2. The minimum absolute atomic E-state index is 0.165. The predicted octanol–water partition coefficient (Wildman–Crippen LogP) is 5.17. The molecule has 3 aromatic rings. The zero-order chi connectivity index (χ0) is 24.7. The van der Waals surface area contributed by atoms with Crippen LogP contribution in [0.3, 0.4) is 0 Å². The SMILES string of the molecule is Cc1ccc(S(=O)(=O)N(CC(=O)NCCSCc2ccccc2C)c2ccc(C)c(C)c2)cc1. The highest BCUT2D eigenvalue weighted by atomic mass is 32.2. The number of hydrogen-bond donors (Lipinski definition) is 1. The third-order valence-corrected chi connectivity index (χ3v) is 8.56. The minimum atomic E-state index is -3.90. The van der Waals surface area contributed by atoms with E-state index in [1.807, 2.05) is 45.0 Å². The second-order valence-corrected chi connectivity index (χ2v) is 11.4. The molecule has 0 aliphatic carbocycles. The number of carbonyl (C=O) groups excluding carboxylic acids is 1. The lowest BCUT2D eigenvalue weighted by atomic mass is 10.1. The fourth-order valence-electron chi connectivity index (χ4n) is 3.44. The number of sulfonamides is 1. The molecular weight excluding hydrogens is 464 g/mol. The van der Waals surface area contributed by atoms with Gasteiger partial charge in [-0.3, -0.25) is 9.10 Å². The van der Waals surface area contributed by atoms with Crippen LogP contribution in [0.15, 0.2) is 71.6 Å². The molecule has 0 aliphatic rings. The minimum Gasteiger partial charge on any atom is -0.354 e. The fraction of sp³-hybridized carbons (Fsp3) is 0.296. The van der Waals surface area contributed by atoms with Gasteiger partial charge in [0.15, 0.2) is 0 Å². The molecule has 0 fully saturated rings. The number of hydrogen-bond acceptors (Lipinski definition) is 4. The van der Waals surface area contributed by atoms with Gasteiger partial charge in [0.2, 0.25) is 5.91 Å². The molecule has 0 saturated heterocycles. The molecule has 0 heterocycles. The predicted molar refractivity (Wildman–Crippen MR) is 142 cm³/mol. The van der Waals surface area contributed by atoms with Gasteiger partial charge < -0.3 is 5.32 Å².